The molecule has 1 N–H and O–H groups in total. The Labute approximate surface area is 121 Å². The first-order chi connectivity index (χ1) is 9.15. The van der Waals surface area contributed by atoms with Gasteiger partial charge in [0.2, 0.25) is 5.89 Å². The predicted molar refractivity (Wildman–Crippen MR) is 78.0 cm³/mol. The molecule has 4 heteroatoms. The molecule has 0 amide bonds. The van der Waals surface area contributed by atoms with Crippen molar-refractivity contribution in [2.24, 2.45) is 0 Å². The second-order valence-corrected chi connectivity index (χ2v) is 5.95. The molecule has 1 heterocycles. The molecule has 0 aliphatic heterocycles. The highest BCUT2D eigenvalue weighted by Crippen LogP contribution is 2.36. The van der Waals surface area contributed by atoms with Gasteiger partial charge in [-0.2, -0.15) is 0 Å². The highest BCUT2D eigenvalue weighted by atomic mass is 79.9. The van der Waals surface area contributed by atoms with E-state index in [9.17, 15) is 0 Å². The zero-order valence-corrected chi connectivity index (χ0v) is 12.7. The topological polar surface area (TPSA) is 38.1 Å². The smallest absolute Gasteiger partial charge is 0.211 e. The van der Waals surface area contributed by atoms with Gasteiger partial charge in [0.1, 0.15) is 5.76 Å². The Morgan fingerprint density at radius 2 is 2.32 bits per heavy atom. The second-order valence-electron chi connectivity index (χ2n) is 5.10. The van der Waals surface area contributed by atoms with Crippen LogP contribution in [0.3, 0.4) is 0 Å². The van der Waals surface area contributed by atoms with Crippen LogP contribution in [0.15, 0.2) is 33.3 Å². The van der Waals surface area contributed by atoms with Gasteiger partial charge in [0.15, 0.2) is 0 Å². The monoisotopic (exact) mass is 320 g/mol. The zero-order chi connectivity index (χ0) is 13.4. The lowest BCUT2D eigenvalue weighted by Crippen LogP contribution is -2.23. The van der Waals surface area contributed by atoms with Crippen molar-refractivity contribution in [3.8, 4) is 0 Å². The number of hydrogen-bond donors (Lipinski definition) is 1. The summed E-state index contributed by atoms with van der Waals surface area (Å²) in [7, 11) is 0. The molecule has 1 aliphatic rings. The molecule has 0 saturated carbocycles. The Balaban J connectivity index is 1.78. The number of nitrogens with one attached hydrogen (secondary N) is 1. The number of halogens is 1. The average molecular weight is 321 g/mol. The molecule has 1 aromatic heterocycles. The molecular weight excluding hydrogens is 304 g/mol. The molecule has 0 bridgehead atoms. The van der Waals surface area contributed by atoms with Gasteiger partial charge < -0.3 is 4.42 Å². The quantitative estimate of drug-likeness (QED) is 0.925. The van der Waals surface area contributed by atoms with Crippen molar-refractivity contribution in [2.45, 2.75) is 38.8 Å². The van der Waals surface area contributed by atoms with Gasteiger partial charge in [-0.15, -0.1) is 0 Å². The fourth-order valence-electron chi connectivity index (χ4n) is 2.73. The molecule has 0 spiro atoms. The Hall–Kier alpha value is -1.13. The van der Waals surface area contributed by atoms with Crippen molar-refractivity contribution in [1.29, 1.82) is 0 Å². The summed E-state index contributed by atoms with van der Waals surface area (Å²) in [5.41, 5.74) is 2.82. The van der Waals surface area contributed by atoms with Crippen LogP contribution >= 0.6 is 15.9 Å². The lowest BCUT2D eigenvalue weighted by Gasteiger charge is -2.18. The number of hydrogen-bond acceptors (Lipinski definition) is 3. The van der Waals surface area contributed by atoms with E-state index in [2.05, 4.69) is 51.4 Å². The molecular formula is C15H17BrN2O. The summed E-state index contributed by atoms with van der Waals surface area (Å²) in [4.78, 5) is 4.29. The van der Waals surface area contributed by atoms with E-state index < -0.39 is 0 Å². The fraction of sp³-hybridized carbons (Fsp3) is 0.400. The van der Waals surface area contributed by atoms with Crippen LogP contribution in [0.25, 0.3) is 0 Å². The fourth-order valence-corrected chi connectivity index (χ4v) is 3.31. The molecule has 19 heavy (non-hydrogen) atoms. The Morgan fingerprint density at radius 3 is 3.05 bits per heavy atom. The van der Waals surface area contributed by atoms with E-state index in [1.807, 2.05) is 6.92 Å². The van der Waals surface area contributed by atoms with Crippen molar-refractivity contribution in [2.75, 3.05) is 0 Å². The largest absolute Gasteiger partial charge is 0.444 e. The number of nitrogens with zero attached hydrogens (tertiary/aromatic N) is 1. The summed E-state index contributed by atoms with van der Waals surface area (Å²) in [6, 6.07) is 6.93. The number of aromatic nitrogens is 1. The summed E-state index contributed by atoms with van der Waals surface area (Å²) in [6.07, 6.45) is 4.01. The number of fused-ring (bicyclic) bond motifs is 1. The number of oxazole rings is 1. The highest BCUT2D eigenvalue weighted by molar-refractivity contribution is 9.10. The molecule has 2 unspecified atom stereocenters. The van der Waals surface area contributed by atoms with Crippen molar-refractivity contribution >= 4 is 15.9 Å². The highest BCUT2D eigenvalue weighted by Gasteiger charge is 2.26. The minimum absolute atomic E-state index is 0.128. The molecule has 1 aromatic carbocycles. The van der Waals surface area contributed by atoms with E-state index in [1.165, 1.54) is 15.6 Å². The van der Waals surface area contributed by atoms with Gasteiger partial charge in [0.25, 0.3) is 0 Å². The average Bonchev–Trinajstić information content (AvgIpc) is 2.98. The minimum Gasteiger partial charge on any atom is -0.444 e. The SMILES string of the molecule is Cc1cnc(C(C)NC2CCc3c(Br)cccc32)o1. The van der Waals surface area contributed by atoms with Crippen LogP contribution < -0.4 is 5.32 Å². The molecule has 1 aliphatic carbocycles. The van der Waals surface area contributed by atoms with E-state index in [1.54, 1.807) is 6.20 Å². The Kier molecular flexibility index (Phi) is 3.46. The first-order valence-corrected chi connectivity index (χ1v) is 7.40. The van der Waals surface area contributed by atoms with Gasteiger partial charge in [-0.05, 0) is 43.9 Å². The van der Waals surface area contributed by atoms with Crippen molar-refractivity contribution < 1.29 is 4.42 Å². The predicted octanol–water partition coefficient (Wildman–Crippen LogP) is 4.08. The molecule has 0 radical (unpaired) electrons. The van der Waals surface area contributed by atoms with E-state index in [0.717, 1.165) is 24.5 Å². The normalized spacial score (nSPS) is 19.4. The maximum atomic E-state index is 5.58. The summed E-state index contributed by atoms with van der Waals surface area (Å²) in [6.45, 7) is 4.02. The van der Waals surface area contributed by atoms with Crippen molar-refractivity contribution in [3.63, 3.8) is 0 Å². The molecule has 100 valence electrons. The van der Waals surface area contributed by atoms with Crippen LogP contribution in [-0.4, -0.2) is 4.98 Å². The lowest BCUT2D eigenvalue weighted by atomic mass is 10.1. The van der Waals surface area contributed by atoms with Crippen molar-refractivity contribution in [1.82, 2.24) is 10.3 Å². The molecule has 0 saturated heterocycles. The first-order valence-electron chi connectivity index (χ1n) is 6.61. The Bertz CT molecular complexity index is 594. The van der Waals surface area contributed by atoms with Crippen LogP contribution in [0.2, 0.25) is 0 Å². The Morgan fingerprint density at radius 1 is 1.47 bits per heavy atom. The van der Waals surface area contributed by atoms with Gasteiger partial charge >= 0.3 is 0 Å². The van der Waals surface area contributed by atoms with Gasteiger partial charge in [-0.25, -0.2) is 4.98 Å². The van der Waals surface area contributed by atoms with Crippen LogP contribution in [0.4, 0.5) is 0 Å². The standard InChI is InChI=1S/C15H17BrN2O/c1-9-8-17-15(19-9)10(2)18-14-7-6-11-12(14)4-3-5-13(11)16/h3-5,8,10,14,18H,6-7H2,1-2H3. The number of rotatable bonds is 3. The number of aryl methyl sites for hydroxylation is 1. The summed E-state index contributed by atoms with van der Waals surface area (Å²) >= 11 is 3.63. The van der Waals surface area contributed by atoms with Crippen LogP contribution in [-0.2, 0) is 6.42 Å². The number of benzene rings is 1. The van der Waals surface area contributed by atoms with E-state index in [-0.39, 0.29) is 6.04 Å². The first kappa shape index (κ1) is 12.9. The van der Waals surface area contributed by atoms with E-state index in [0.29, 0.717) is 6.04 Å². The van der Waals surface area contributed by atoms with Crippen molar-refractivity contribution in [3.05, 3.63) is 51.6 Å². The van der Waals surface area contributed by atoms with E-state index in [4.69, 9.17) is 4.42 Å². The summed E-state index contributed by atoms with van der Waals surface area (Å²) < 4.78 is 6.80. The molecule has 2 aromatic rings. The zero-order valence-electron chi connectivity index (χ0n) is 11.1. The molecule has 2 atom stereocenters. The minimum atomic E-state index is 0.128. The third-order valence-electron chi connectivity index (χ3n) is 3.67. The van der Waals surface area contributed by atoms with Gasteiger partial charge in [0, 0.05) is 10.5 Å². The molecule has 0 fully saturated rings. The molecule has 3 nitrogen and oxygen atoms in total. The third kappa shape index (κ3) is 2.47. The maximum absolute atomic E-state index is 5.58. The summed E-state index contributed by atoms with van der Waals surface area (Å²) in [5, 5.41) is 3.61. The van der Waals surface area contributed by atoms with Crippen LogP contribution in [0, 0.1) is 6.92 Å². The van der Waals surface area contributed by atoms with Gasteiger partial charge in [0.05, 0.1) is 12.2 Å². The van der Waals surface area contributed by atoms with Crippen LogP contribution in [0.1, 0.15) is 48.2 Å². The maximum Gasteiger partial charge on any atom is 0.211 e. The molecule has 3 rings (SSSR count). The van der Waals surface area contributed by atoms with E-state index >= 15 is 0 Å². The second kappa shape index (κ2) is 5.10. The third-order valence-corrected chi connectivity index (χ3v) is 4.42. The van der Waals surface area contributed by atoms with Crippen LogP contribution in [0.5, 0.6) is 0 Å². The van der Waals surface area contributed by atoms with Gasteiger partial charge in [-0.3, -0.25) is 5.32 Å². The lowest BCUT2D eigenvalue weighted by molar-refractivity contribution is 0.371. The van der Waals surface area contributed by atoms with Gasteiger partial charge in [-0.1, -0.05) is 28.1 Å². The summed E-state index contributed by atoms with van der Waals surface area (Å²) in [5.74, 6) is 1.62.